The zero-order valence-corrected chi connectivity index (χ0v) is 22.6. The van der Waals surface area contributed by atoms with Gasteiger partial charge < -0.3 is 20.5 Å². The zero-order valence-electron chi connectivity index (χ0n) is 21.8. The summed E-state index contributed by atoms with van der Waals surface area (Å²) in [5.41, 5.74) is 2.06. The number of benzene rings is 1. The number of aromatic nitrogens is 5. The summed E-state index contributed by atoms with van der Waals surface area (Å²) < 4.78 is 7.78. The number of aliphatic hydroxyl groups excluding tert-OH is 1. The third-order valence-electron chi connectivity index (χ3n) is 5.84. The fourth-order valence-corrected chi connectivity index (χ4v) is 5.04. The Morgan fingerprint density at radius 1 is 1.21 bits per heavy atom. The average molecular weight is 537 g/mol. The van der Waals surface area contributed by atoms with Crippen LogP contribution in [0, 0.1) is 6.92 Å². The number of nitrogens with one attached hydrogen (secondary N) is 3. The van der Waals surface area contributed by atoms with Gasteiger partial charge in [-0.2, -0.15) is 10.1 Å². The van der Waals surface area contributed by atoms with Crippen molar-refractivity contribution in [2.24, 2.45) is 0 Å². The standard InChI is InChI=1S/C26H32N8O3S/c1-16-12-21(32-31-16)28-24-30-25(29-22-6-5-11-34(22)24)38-18-9-7-17(8-10-18)27-23(36)15-33-13-19(35)20(14-33)37-26(2,3)4/h5-12,19-20,35H,13-15H2,1-4H3,(H,27,36)(H2,28,29,30,31,32). The molecule has 4 aromatic rings. The molecule has 4 N–H and O–H groups in total. The van der Waals surface area contributed by atoms with Gasteiger partial charge in [-0.3, -0.25) is 19.2 Å². The summed E-state index contributed by atoms with van der Waals surface area (Å²) in [5.74, 6) is 1.15. The Bertz CT molecular complexity index is 1410. The molecule has 2 unspecified atom stereocenters. The third kappa shape index (κ3) is 6.51. The van der Waals surface area contributed by atoms with Gasteiger partial charge in [-0.05, 0) is 75.9 Å². The van der Waals surface area contributed by atoms with Crippen LogP contribution in [-0.2, 0) is 9.53 Å². The molecule has 1 aliphatic rings. The highest BCUT2D eigenvalue weighted by Crippen LogP contribution is 2.28. The van der Waals surface area contributed by atoms with Crippen LogP contribution in [-0.4, -0.2) is 77.9 Å². The minimum atomic E-state index is -0.606. The SMILES string of the molecule is Cc1cc(Nc2nc(Sc3ccc(NC(=O)CN4CC(O)C(OC(C)(C)C)C4)cc3)nc3cccn23)n[nH]1. The number of rotatable bonds is 8. The van der Waals surface area contributed by atoms with E-state index in [0.29, 0.717) is 35.7 Å². The molecule has 1 saturated heterocycles. The van der Waals surface area contributed by atoms with Crippen molar-refractivity contribution in [2.45, 2.75) is 55.6 Å². The van der Waals surface area contributed by atoms with E-state index in [0.717, 1.165) is 16.2 Å². The normalized spacial score (nSPS) is 18.2. The van der Waals surface area contributed by atoms with Crippen LogP contribution in [0.1, 0.15) is 26.5 Å². The lowest BCUT2D eigenvalue weighted by Gasteiger charge is -2.26. The van der Waals surface area contributed by atoms with Crippen LogP contribution in [0.3, 0.4) is 0 Å². The highest BCUT2D eigenvalue weighted by Gasteiger charge is 2.35. The van der Waals surface area contributed by atoms with Crippen molar-refractivity contribution in [3.05, 3.63) is 54.4 Å². The number of ether oxygens (including phenoxy) is 1. The third-order valence-corrected chi connectivity index (χ3v) is 6.72. The lowest BCUT2D eigenvalue weighted by atomic mass is 10.1. The second-order valence-corrected chi connectivity index (χ2v) is 11.4. The number of fused-ring (bicyclic) bond motifs is 1. The van der Waals surface area contributed by atoms with Crippen LogP contribution in [0.2, 0.25) is 0 Å². The maximum atomic E-state index is 12.6. The smallest absolute Gasteiger partial charge is 0.238 e. The quantitative estimate of drug-likeness (QED) is 0.267. The summed E-state index contributed by atoms with van der Waals surface area (Å²) in [6, 6.07) is 13.3. The van der Waals surface area contributed by atoms with Crippen molar-refractivity contribution in [3.63, 3.8) is 0 Å². The lowest BCUT2D eigenvalue weighted by Crippen LogP contribution is -2.35. The Morgan fingerprint density at radius 3 is 2.71 bits per heavy atom. The van der Waals surface area contributed by atoms with Gasteiger partial charge >= 0.3 is 0 Å². The molecular weight excluding hydrogens is 504 g/mol. The van der Waals surface area contributed by atoms with Gasteiger partial charge in [0.05, 0.1) is 24.4 Å². The molecule has 2 atom stereocenters. The number of aromatic amines is 1. The van der Waals surface area contributed by atoms with Crippen molar-refractivity contribution < 1.29 is 14.6 Å². The number of aryl methyl sites for hydroxylation is 1. The minimum absolute atomic E-state index is 0.139. The molecule has 0 radical (unpaired) electrons. The molecule has 4 heterocycles. The molecule has 1 fully saturated rings. The number of anilines is 3. The fraction of sp³-hybridized carbons (Fsp3) is 0.385. The van der Waals surface area contributed by atoms with Crippen LogP contribution in [0.4, 0.5) is 17.5 Å². The monoisotopic (exact) mass is 536 g/mol. The molecule has 1 aromatic carbocycles. The average Bonchev–Trinajstić information content (AvgIpc) is 3.55. The number of nitrogens with zero attached hydrogens (tertiary/aromatic N) is 5. The molecule has 3 aromatic heterocycles. The Balaban J connectivity index is 1.19. The van der Waals surface area contributed by atoms with Gasteiger partial charge in [-0.25, -0.2) is 4.98 Å². The molecule has 0 saturated carbocycles. The Morgan fingerprint density at radius 2 is 2.00 bits per heavy atom. The first-order chi connectivity index (χ1) is 18.1. The van der Waals surface area contributed by atoms with Crippen LogP contribution in [0.25, 0.3) is 5.65 Å². The van der Waals surface area contributed by atoms with Gasteiger partial charge in [-0.15, -0.1) is 0 Å². The zero-order chi connectivity index (χ0) is 26.9. The van der Waals surface area contributed by atoms with E-state index in [2.05, 4.69) is 30.8 Å². The first-order valence-electron chi connectivity index (χ1n) is 12.4. The van der Waals surface area contributed by atoms with Crippen molar-refractivity contribution in [3.8, 4) is 0 Å². The highest BCUT2D eigenvalue weighted by molar-refractivity contribution is 7.99. The second kappa shape index (κ2) is 10.7. The van der Waals surface area contributed by atoms with Gasteiger partial charge in [0.15, 0.2) is 11.0 Å². The second-order valence-electron chi connectivity index (χ2n) is 10.3. The van der Waals surface area contributed by atoms with E-state index in [9.17, 15) is 9.90 Å². The maximum absolute atomic E-state index is 12.6. The predicted octanol–water partition coefficient (Wildman–Crippen LogP) is 3.45. The van der Waals surface area contributed by atoms with Crippen molar-refractivity contribution in [1.82, 2.24) is 29.5 Å². The van der Waals surface area contributed by atoms with E-state index in [1.54, 1.807) is 0 Å². The van der Waals surface area contributed by atoms with Crippen LogP contribution in [0.5, 0.6) is 0 Å². The minimum Gasteiger partial charge on any atom is -0.389 e. The largest absolute Gasteiger partial charge is 0.389 e. The summed E-state index contributed by atoms with van der Waals surface area (Å²) in [4.78, 5) is 24.8. The molecule has 0 spiro atoms. The number of amides is 1. The Kier molecular flexibility index (Phi) is 7.39. The Hall–Kier alpha value is -3.45. The lowest BCUT2D eigenvalue weighted by molar-refractivity contribution is -0.117. The molecule has 38 heavy (non-hydrogen) atoms. The molecule has 1 amide bonds. The van der Waals surface area contributed by atoms with E-state index in [4.69, 9.17) is 4.74 Å². The van der Waals surface area contributed by atoms with Crippen molar-refractivity contribution in [2.75, 3.05) is 30.3 Å². The molecule has 11 nitrogen and oxygen atoms in total. The maximum Gasteiger partial charge on any atom is 0.238 e. The molecule has 200 valence electrons. The number of carbonyl (C=O) groups is 1. The summed E-state index contributed by atoms with van der Waals surface area (Å²) in [6.45, 7) is 8.93. The molecule has 1 aliphatic heterocycles. The number of hydrogen-bond donors (Lipinski definition) is 4. The number of H-pyrrole nitrogens is 1. The Labute approximate surface area is 225 Å². The summed E-state index contributed by atoms with van der Waals surface area (Å²) in [7, 11) is 0. The fourth-order valence-electron chi connectivity index (χ4n) is 4.29. The van der Waals surface area contributed by atoms with E-state index in [-0.39, 0.29) is 24.2 Å². The number of β-amino-alcohol motifs (C(OH)–C–C–N with tert-alkyl or cyclic N) is 1. The predicted molar refractivity (Wildman–Crippen MR) is 146 cm³/mol. The topological polar surface area (TPSA) is 133 Å². The van der Waals surface area contributed by atoms with Gasteiger partial charge in [-0.1, -0.05) is 0 Å². The van der Waals surface area contributed by atoms with Crippen LogP contribution in [0.15, 0.2) is 58.7 Å². The van der Waals surface area contributed by atoms with Crippen LogP contribution < -0.4 is 10.6 Å². The van der Waals surface area contributed by atoms with E-state index >= 15 is 0 Å². The van der Waals surface area contributed by atoms with Gasteiger partial charge in [0.1, 0.15) is 5.65 Å². The van der Waals surface area contributed by atoms with Gasteiger partial charge in [0.25, 0.3) is 0 Å². The first kappa shape index (κ1) is 26.2. The van der Waals surface area contributed by atoms with E-state index < -0.39 is 6.10 Å². The molecule has 5 rings (SSSR count). The number of carbonyl (C=O) groups excluding carboxylic acids is 1. The number of aliphatic hydroxyl groups is 1. The van der Waals surface area contributed by atoms with E-state index in [1.807, 2.05) is 85.7 Å². The first-order valence-corrected chi connectivity index (χ1v) is 13.2. The number of likely N-dealkylation sites (tertiary alicyclic amines) is 1. The highest BCUT2D eigenvalue weighted by atomic mass is 32.2. The summed E-state index contributed by atoms with van der Waals surface area (Å²) >= 11 is 1.43. The number of hydrogen-bond acceptors (Lipinski definition) is 9. The molecule has 0 bridgehead atoms. The summed E-state index contributed by atoms with van der Waals surface area (Å²) in [6.07, 6.45) is 0.987. The molecule has 0 aliphatic carbocycles. The molecular formula is C26H32N8O3S. The van der Waals surface area contributed by atoms with Crippen molar-refractivity contribution in [1.29, 1.82) is 0 Å². The molecule has 12 heteroatoms. The van der Waals surface area contributed by atoms with Gasteiger partial charge in [0, 0.05) is 41.6 Å². The van der Waals surface area contributed by atoms with E-state index in [1.165, 1.54) is 11.8 Å². The van der Waals surface area contributed by atoms with Crippen molar-refractivity contribution >= 4 is 40.8 Å². The van der Waals surface area contributed by atoms with Crippen LogP contribution >= 0.6 is 11.8 Å². The van der Waals surface area contributed by atoms with Gasteiger partial charge in [0.2, 0.25) is 11.9 Å². The summed E-state index contributed by atoms with van der Waals surface area (Å²) in [5, 5.41) is 24.2.